The van der Waals surface area contributed by atoms with E-state index in [0.717, 1.165) is 24.2 Å². The zero-order valence-electron chi connectivity index (χ0n) is 12.4. The maximum Gasteiger partial charge on any atom is 0.119 e. The van der Waals surface area contributed by atoms with Crippen molar-refractivity contribution in [2.75, 3.05) is 7.11 Å². The first-order chi connectivity index (χ1) is 9.69. The second kappa shape index (κ2) is 5.74. The van der Waals surface area contributed by atoms with Crippen molar-refractivity contribution in [2.45, 2.75) is 57.2 Å². The van der Waals surface area contributed by atoms with Gasteiger partial charge < -0.3 is 15.2 Å². The molecule has 1 aliphatic heterocycles. The van der Waals surface area contributed by atoms with Crippen molar-refractivity contribution in [1.29, 1.82) is 0 Å². The fraction of sp³-hybridized carbons (Fsp3) is 0.647. The third-order valence-corrected chi connectivity index (χ3v) is 4.99. The Morgan fingerprint density at radius 2 is 2.10 bits per heavy atom. The third-order valence-electron chi connectivity index (χ3n) is 4.99. The Morgan fingerprint density at radius 3 is 2.85 bits per heavy atom. The maximum absolute atomic E-state index is 10.8. The van der Waals surface area contributed by atoms with E-state index in [2.05, 4.69) is 18.3 Å². The van der Waals surface area contributed by atoms with Crippen molar-refractivity contribution in [1.82, 2.24) is 5.32 Å². The van der Waals surface area contributed by atoms with Gasteiger partial charge in [-0.25, -0.2) is 0 Å². The van der Waals surface area contributed by atoms with Crippen molar-refractivity contribution >= 4 is 0 Å². The summed E-state index contributed by atoms with van der Waals surface area (Å²) in [5.74, 6) is 1.17. The number of aliphatic hydroxyl groups excluding tert-OH is 1. The molecule has 1 aromatic carbocycles. The van der Waals surface area contributed by atoms with Crippen LogP contribution < -0.4 is 10.1 Å². The zero-order chi connectivity index (χ0) is 14.1. The predicted octanol–water partition coefficient (Wildman–Crippen LogP) is 2.82. The molecule has 0 bridgehead atoms. The SMILES string of the molecule is COc1ccc2c(c1)C(O)C(C1CCCC(C)N1)CC2. The van der Waals surface area contributed by atoms with Crippen molar-refractivity contribution in [3.05, 3.63) is 29.3 Å². The number of piperidine rings is 1. The summed E-state index contributed by atoms with van der Waals surface area (Å²) in [6.45, 7) is 2.25. The summed E-state index contributed by atoms with van der Waals surface area (Å²) in [4.78, 5) is 0. The fourth-order valence-corrected chi connectivity index (χ4v) is 3.85. The molecule has 110 valence electrons. The summed E-state index contributed by atoms with van der Waals surface area (Å²) in [6.07, 6.45) is 5.48. The number of nitrogens with one attached hydrogen (secondary N) is 1. The molecule has 0 amide bonds. The molecule has 1 heterocycles. The van der Waals surface area contributed by atoms with E-state index in [0.29, 0.717) is 18.0 Å². The van der Waals surface area contributed by atoms with Crippen LogP contribution in [0.4, 0.5) is 0 Å². The summed E-state index contributed by atoms with van der Waals surface area (Å²) in [7, 11) is 1.68. The molecule has 1 fully saturated rings. The van der Waals surface area contributed by atoms with Crippen LogP contribution in [0, 0.1) is 5.92 Å². The standard InChI is InChI=1S/C17H25NO2/c1-11-4-3-5-16(18-11)14-9-7-12-6-8-13(20-2)10-15(12)17(14)19/h6,8,10-11,14,16-19H,3-5,7,9H2,1-2H3. The van der Waals surface area contributed by atoms with E-state index < -0.39 is 0 Å². The number of aryl methyl sites for hydroxylation is 1. The van der Waals surface area contributed by atoms with E-state index in [1.807, 2.05) is 12.1 Å². The molecule has 0 aromatic heterocycles. The Hall–Kier alpha value is -1.06. The summed E-state index contributed by atoms with van der Waals surface area (Å²) < 4.78 is 5.30. The number of rotatable bonds is 2. The van der Waals surface area contributed by atoms with Gasteiger partial charge in [-0.2, -0.15) is 0 Å². The molecule has 3 nitrogen and oxygen atoms in total. The molecule has 3 heteroatoms. The Morgan fingerprint density at radius 1 is 1.25 bits per heavy atom. The molecule has 0 spiro atoms. The van der Waals surface area contributed by atoms with E-state index in [1.54, 1.807) is 7.11 Å². The molecular weight excluding hydrogens is 250 g/mol. The fourth-order valence-electron chi connectivity index (χ4n) is 3.85. The van der Waals surface area contributed by atoms with Gasteiger partial charge in [-0.05, 0) is 55.9 Å². The highest BCUT2D eigenvalue weighted by Crippen LogP contribution is 2.39. The Bertz CT molecular complexity index is 474. The molecule has 0 radical (unpaired) electrons. The molecule has 20 heavy (non-hydrogen) atoms. The normalized spacial score (nSPS) is 33.5. The molecule has 2 aliphatic rings. The molecule has 3 rings (SSSR count). The first-order valence-corrected chi connectivity index (χ1v) is 7.80. The Labute approximate surface area is 121 Å². The van der Waals surface area contributed by atoms with E-state index in [-0.39, 0.29) is 6.10 Å². The van der Waals surface area contributed by atoms with Gasteiger partial charge in [0.1, 0.15) is 5.75 Å². The van der Waals surface area contributed by atoms with Crippen molar-refractivity contribution in [3.63, 3.8) is 0 Å². The first-order valence-electron chi connectivity index (χ1n) is 7.80. The van der Waals surface area contributed by atoms with E-state index >= 15 is 0 Å². The quantitative estimate of drug-likeness (QED) is 0.872. The molecule has 1 aliphatic carbocycles. The zero-order valence-corrected chi connectivity index (χ0v) is 12.4. The maximum atomic E-state index is 10.8. The van der Waals surface area contributed by atoms with Crippen molar-refractivity contribution < 1.29 is 9.84 Å². The monoisotopic (exact) mass is 275 g/mol. The minimum Gasteiger partial charge on any atom is -0.497 e. The molecule has 1 saturated heterocycles. The predicted molar refractivity (Wildman–Crippen MR) is 80.0 cm³/mol. The molecule has 0 saturated carbocycles. The lowest BCUT2D eigenvalue weighted by molar-refractivity contribution is 0.0572. The minimum absolute atomic E-state index is 0.331. The van der Waals surface area contributed by atoms with Crippen LogP contribution in [0.2, 0.25) is 0 Å². The second-order valence-corrected chi connectivity index (χ2v) is 6.32. The van der Waals surface area contributed by atoms with E-state index in [1.165, 1.54) is 24.8 Å². The third kappa shape index (κ3) is 2.57. The van der Waals surface area contributed by atoms with Crippen LogP contribution in [0.15, 0.2) is 18.2 Å². The lowest BCUT2D eigenvalue weighted by atomic mass is 9.75. The topological polar surface area (TPSA) is 41.5 Å². The van der Waals surface area contributed by atoms with Gasteiger partial charge in [-0.3, -0.25) is 0 Å². The van der Waals surface area contributed by atoms with Gasteiger partial charge in [0, 0.05) is 18.0 Å². The van der Waals surface area contributed by atoms with E-state index in [4.69, 9.17) is 4.74 Å². The summed E-state index contributed by atoms with van der Waals surface area (Å²) in [5, 5.41) is 14.5. The van der Waals surface area contributed by atoms with Gasteiger partial charge >= 0.3 is 0 Å². The summed E-state index contributed by atoms with van der Waals surface area (Å²) in [5.41, 5.74) is 2.35. The number of hydrogen-bond donors (Lipinski definition) is 2. The number of aliphatic hydroxyl groups is 1. The lowest BCUT2D eigenvalue weighted by Gasteiger charge is -2.40. The molecular formula is C17H25NO2. The van der Waals surface area contributed by atoms with Crippen LogP contribution in [0.25, 0.3) is 0 Å². The van der Waals surface area contributed by atoms with Crippen LogP contribution >= 0.6 is 0 Å². The molecule has 2 N–H and O–H groups in total. The van der Waals surface area contributed by atoms with Gasteiger partial charge in [-0.1, -0.05) is 12.5 Å². The number of benzene rings is 1. The van der Waals surface area contributed by atoms with Gasteiger partial charge in [0.2, 0.25) is 0 Å². The van der Waals surface area contributed by atoms with Crippen LogP contribution in [0.3, 0.4) is 0 Å². The Kier molecular flexibility index (Phi) is 3.99. The number of hydrogen-bond acceptors (Lipinski definition) is 3. The number of ether oxygens (including phenoxy) is 1. The second-order valence-electron chi connectivity index (χ2n) is 6.32. The minimum atomic E-state index is -0.364. The molecule has 1 aromatic rings. The average molecular weight is 275 g/mol. The van der Waals surface area contributed by atoms with Crippen LogP contribution in [0.5, 0.6) is 5.75 Å². The summed E-state index contributed by atoms with van der Waals surface area (Å²) in [6, 6.07) is 7.14. The average Bonchev–Trinajstić information content (AvgIpc) is 2.47. The van der Waals surface area contributed by atoms with Crippen molar-refractivity contribution in [3.8, 4) is 5.75 Å². The highest BCUT2D eigenvalue weighted by Gasteiger charge is 2.35. The summed E-state index contributed by atoms with van der Waals surface area (Å²) >= 11 is 0. The van der Waals surface area contributed by atoms with E-state index in [9.17, 15) is 5.11 Å². The van der Waals surface area contributed by atoms with Crippen LogP contribution in [0.1, 0.15) is 49.8 Å². The van der Waals surface area contributed by atoms with Gasteiger partial charge in [-0.15, -0.1) is 0 Å². The van der Waals surface area contributed by atoms with Crippen LogP contribution in [-0.4, -0.2) is 24.3 Å². The molecule has 4 atom stereocenters. The Balaban J connectivity index is 1.82. The van der Waals surface area contributed by atoms with Crippen LogP contribution in [-0.2, 0) is 6.42 Å². The highest BCUT2D eigenvalue weighted by atomic mass is 16.5. The number of methoxy groups -OCH3 is 1. The largest absolute Gasteiger partial charge is 0.497 e. The lowest BCUT2D eigenvalue weighted by Crippen LogP contribution is -2.47. The van der Waals surface area contributed by atoms with Gasteiger partial charge in [0.15, 0.2) is 0 Å². The first kappa shape index (κ1) is 13.9. The van der Waals surface area contributed by atoms with Gasteiger partial charge in [0.05, 0.1) is 13.2 Å². The highest BCUT2D eigenvalue weighted by molar-refractivity contribution is 5.39. The molecule has 4 unspecified atom stereocenters. The van der Waals surface area contributed by atoms with Gasteiger partial charge in [0.25, 0.3) is 0 Å². The van der Waals surface area contributed by atoms with Crippen molar-refractivity contribution in [2.24, 2.45) is 5.92 Å². The smallest absolute Gasteiger partial charge is 0.119 e. The number of fused-ring (bicyclic) bond motifs is 1.